The summed E-state index contributed by atoms with van der Waals surface area (Å²) in [6.07, 6.45) is 0. The largest absolute Gasteiger partial charge is 0.340 e. The third-order valence-electron chi connectivity index (χ3n) is 5.04. The molecule has 2 aromatic heterocycles. The fourth-order valence-corrected chi connectivity index (χ4v) is 3.53. The van der Waals surface area contributed by atoms with Crippen LogP contribution in [0.4, 0.5) is 0 Å². The van der Waals surface area contributed by atoms with Crippen LogP contribution in [0.3, 0.4) is 0 Å². The number of aromatic amines is 1. The monoisotopic (exact) mass is 410 g/mol. The average molecular weight is 410 g/mol. The molecule has 3 aromatic carbocycles. The van der Waals surface area contributed by atoms with Gasteiger partial charge in [-0.2, -0.15) is 0 Å². The molecule has 0 bridgehead atoms. The summed E-state index contributed by atoms with van der Waals surface area (Å²) < 4.78 is 1.07. The maximum absolute atomic E-state index is 12.9. The first-order chi connectivity index (χ1) is 15.2. The Morgan fingerprint density at radius 3 is 2.45 bits per heavy atom. The number of imidazole rings is 1. The fourth-order valence-electron chi connectivity index (χ4n) is 3.53. The summed E-state index contributed by atoms with van der Waals surface area (Å²) in [5.41, 5.74) is 2.69. The van der Waals surface area contributed by atoms with E-state index in [0.717, 1.165) is 21.3 Å². The first-order valence-corrected chi connectivity index (χ1v) is 9.80. The molecule has 0 fully saturated rings. The normalized spacial score (nSPS) is 12.1. The Bertz CT molecular complexity index is 1410. The summed E-state index contributed by atoms with van der Waals surface area (Å²) in [5.74, 6) is 0.235. The third kappa shape index (κ3) is 3.66. The van der Waals surface area contributed by atoms with Gasteiger partial charge in [0.25, 0.3) is 5.56 Å². The Morgan fingerprint density at radius 1 is 0.935 bits per heavy atom. The van der Waals surface area contributed by atoms with E-state index in [1.165, 1.54) is 0 Å². The Balaban J connectivity index is 1.46. The number of rotatable bonds is 5. The number of hydrogen-bond donors (Lipinski definition) is 2. The van der Waals surface area contributed by atoms with Crippen LogP contribution >= 0.6 is 0 Å². The van der Waals surface area contributed by atoms with Gasteiger partial charge in [0.2, 0.25) is 5.91 Å². The Kier molecular flexibility index (Phi) is 4.72. The molecule has 0 radical (unpaired) electrons. The highest BCUT2D eigenvalue weighted by atomic mass is 16.2. The molecule has 0 unspecified atom stereocenters. The summed E-state index contributed by atoms with van der Waals surface area (Å²) in [5, 5.41) is 11.3. The number of nitrogens with one attached hydrogen (secondary N) is 2. The van der Waals surface area contributed by atoms with Gasteiger partial charge in [-0.05, 0) is 29.8 Å². The topological polar surface area (TPSA) is 106 Å². The Labute approximate surface area is 176 Å². The van der Waals surface area contributed by atoms with Crippen LogP contribution in [0.1, 0.15) is 17.4 Å². The molecule has 0 aliphatic rings. The van der Waals surface area contributed by atoms with Crippen LogP contribution in [0.25, 0.3) is 21.9 Å². The van der Waals surface area contributed by atoms with Crippen LogP contribution in [0.5, 0.6) is 0 Å². The summed E-state index contributed by atoms with van der Waals surface area (Å²) in [6, 6.07) is 23.6. The van der Waals surface area contributed by atoms with Gasteiger partial charge in [0.1, 0.15) is 23.9 Å². The van der Waals surface area contributed by atoms with E-state index in [2.05, 4.69) is 25.6 Å². The molecule has 8 heteroatoms. The van der Waals surface area contributed by atoms with Crippen molar-refractivity contribution in [2.75, 3.05) is 0 Å². The van der Waals surface area contributed by atoms with Crippen molar-refractivity contribution >= 4 is 27.8 Å². The van der Waals surface area contributed by atoms with E-state index in [-0.39, 0.29) is 18.0 Å². The number of benzene rings is 3. The molecular weight excluding hydrogens is 392 g/mol. The zero-order chi connectivity index (χ0) is 21.2. The summed E-state index contributed by atoms with van der Waals surface area (Å²) >= 11 is 0. The van der Waals surface area contributed by atoms with Gasteiger partial charge in [-0.3, -0.25) is 9.59 Å². The Hall–Kier alpha value is -4.33. The predicted molar refractivity (Wildman–Crippen MR) is 116 cm³/mol. The van der Waals surface area contributed by atoms with Crippen LogP contribution < -0.4 is 10.9 Å². The Morgan fingerprint density at radius 2 is 1.65 bits per heavy atom. The number of para-hydroxylation sites is 2. The molecule has 5 aromatic rings. The minimum atomic E-state index is -0.509. The van der Waals surface area contributed by atoms with E-state index in [4.69, 9.17) is 0 Å². The van der Waals surface area contributed by atoms with Gasteiger partial charge in [-0.1, -0.05) is 59.8 Å². The first-order valence-electron chi connectivity index (χ1n) is 9.80. The van der Waals surface area contributed by atoms with E-state index in [1.807, 2.05) is 54.6 Å². The van der Waals surface area contributed by atoms with E-state index in [9.17, 15) is 9.59 Å². The molecule has 0 aliphatic carbocycles. The van der Waals surface area contributed by atoms with Crippen molar-refractivity contribution in [3.63, 3.8) is 0 Å². The zero-order valence-corrected chi connectivity index (χ0v) is 16.4. The second kappa shape index (κ2) is 7.83. The van der Waals surface area contributed by atoms with Crippen molar-refractivity contribution < 1.29 is 4.79 Å². The molecule has 31 heavy (non-hydrogen) atoms. The number of nitrogens with zero attached hydrogens (tertiary/aromatic N) is 4. The van der Waals surface area contributed by atoms with Gasteiger partial charge in [0.05, 0.1) is 16.4 Å². The second-order valence-electron chi connectivity index (χ2n) is 7.12. The van der Waals surface area contributed by atoms with Crippen LogP contribution in [-0.4, -0.2) is 30.9 Å². The molecule has 2 heterocycles. The molecule has 1 amide bonds. The minimum absolute atomic E-state index is 0.250. The van der Waals surface area contributed by atoms with Crippen LogP contribution in [0.15, 0.2) is 83.7 Å². The van der Waals surface area contributed by atoms with Crippen molar-refractivity contribution in [1.29, 1.82) is 0 Å². The van der Waals surface area contributed by atoms with E-state index in [0.29, 0.717) is 16.7 Å². The minimum Gasteiger partial charge on any atom is -0.340 e. The van der Waals surface area contributed by atoms with Gasteiger partial charge >= 0.3 is 0 Å². The first kappa shape index (κ1) is 18.7. The molecule has 2 N–H and O–H groups in total. The smallest absolute Gasteiger partial charge is 0.278 e. The second-order valence-corrected chi connectivity index (χ2v) is 7.12. The number of hydrogen-bond acceptors (Lipinski definition) is 5. The SMILES string of the molecule is O=C(Cn1nnc2ccccc2c1=O)N[C@H](c1ccccc1)c1nc2ccccc2[nH]1. The lowest BCUT2D eigenvalue weighted by Crippen LogP contribution is -2.36. The number of amides is 1. The lowest BCUT2D eigenvalue weighted by molar-refractivity contribution is -0.122. The lowest BCUT2D eigenvalue weighted by atomic mass is 10.1. The van der Waals surface area contributed by atoms with Crippen molar-refractivity contribution in [1.82, 2.24) is 30.3 Å². The molecule has 0 spiro atoms. The predicted octanol–water partition coefficient (Wildman–Crippen LogP) is 2.57. The molecule has 0 saturated heterocycles. The molecular formula is C23H18N6O2. The lowest BCUT2D eigenvalue weighted by Gasteiger charge is -2.17. The van der Waals surface area contributed by atoms with Crippen LogP contribution in [0, 0.1) is 0 Å². The standard InChI is InChI=1S/C23H18N6O2/c30-20(14-29-23(31)16-10-4-5-11-17(16)27-28-29)26-21(15-8-2-1-3-9-15)22-24-18-12-6-7-13-19(18)25-22/h1-13,21H,14H2,(H,24,25)(H,26,30)/t21-/m1/s1. The summed E-state index contributed by atoms with van der Waals surface area (Å²) in [4.78, 5) is 33.5. The van der Waals surface area contributed by atoms with Gasteiger partial charge in [0, 0.05) is 0 Å². The number of fused-ring (bicyclic) bond motifs is 2. The summed E-state index contributed by atoms with van der Waals surface area (Å²) in [7, 11) is 0. The zero-order valence-electron chi connectivity index (χ0n) is 16.4. The van der Waals surface area contributed by atoms with Crippen molar-refractivity contribution in [3.8, 4) is 0 Å². The van der Waals surface area contributed by atoms with Crippen molar-refractivity contribution in [2.45, 2.75) is 12.6 Å². The van der Waals surface area contributed by atoms with Crippen molar-refractivity contribution in [3.05, 3.63) is 101 Å². The number of H-pyrrole nitrogens is 1. The third-order valence-corrected chi connectivity index (χ3v) is 5.04. The van der Waals surface area contributed by atoms with E-state index < -0.39 is 6.04 Å². The van der Waals surface area contributed by atoms with Crippen LogP contribution in [-0.2, 0) is 11.3 Å². The number of carbonyl (C=O) groups is 1. The molecule has 1 atom stereocenters. The molecule has 8 nitrogen and oxygen atoms in total. The maximum atomic E-state index is 12.9. The van der Waals surface area contributed by atoms with E-state index in [1.54, 1.807) is 24.3 Å². The number of carbonyl (C=O) groups excluding carboxylic acids is 1. The molecule has 152 valence electrons. The van der Waals surface area contributed by atoms with Gasteiger partial charge in [-0.25, -0.2) is 9.67 Å². The number of aromatic nitrogens is 5. The highest BCUT2D eigenvalue weighted by molar-refractivity contribution is 5.79. The van der Waals surface area contributed by atoms with Gasteiger partial charge in [0.15, 0.2) is 0 Å². The fraction of sp³-hybridized carbons (Fsp3) is 0.0870. The molecule has 5 rings (SSSR count). The quantitative estimate of drug-likeness (QED) is 0.463. The van der Waals surface area contributed by atoms with E-state index >= 15 is 0 Å². The van der Waals surface area contributed by atoms with Gasteiger partial charge in [-0.15, -0.1) is 5.10 Å². The highest BCUT2D eigenvalue weighted by Crippen LogP contribution is 2.22. The van der Waals surface area contributed by atoms with Crippen LogP contribution in [0.2, 0.25) is 0 Å². The molecule has 0 aliphatic heterocycles. The summed E-state index contributed by atoms with van der Waals surface area (Å²) in [6.45, 7) is -0.250. The van der Waals surface area contributed by atoms with Crippen molar-refractivity contribution in [2.24, 2.45) is 0 Å². The average Bonchev–Trinajstić information content (AvgIpc) is 3.24. The maximum Gasteiger partial charge on any atom is 0.278 e. The molecule has 0 saturated carbocycles. The highest BCUT2D eigenvalue weighted by Gasteiger charge is 2.21. The van der Waals surface area contributed by atoms with Gasteiger partial charge < -0.3 is 10.3 Å².